The number of likely N-dealkylation sites (tertiary alicyclic amines) is 1. The zero-order chi connectivity index (χ0) is 13.2. The average Bonchev–Trinajstić information content (AvgIpc) is 2.62. The van der Waals surface area contributed by atoms with E-state index >= 15 is 0 Å². The van der Waals surface area contributed by atoms with Gasteiger partial charge in [-0.3, -0.25) is 4.90 Å². The topological polar surface area (TPSA) is 38.5 Å². The SMILES string of the molecule is NC1CCN(Cc2cccc(OC(F)(F)F)c2)C1. The molecule has 100 valence electrons. The zero-order valence-electron chi connectivity index (χ0n) is 9.78. The molecule has 1 aromatic rings. The van der Waals surface area contributed by atoms with Crippen molar-refractivity contribution >= 4 is 0 Å². The van der Waals surface area contributed by atoms with E-state index in [2.05, 4.69) is 9.64 Å². The van der Waals surface area contributed by atoms with Crippen LogP contribution in [0.15, 0.2) is 24.3 Å². The van der Waals surface area contributed by atoms with E-state index in [0.29, 0.717) is 6.54 Å². The molecule has 0 saturated carbocycles. The molecular weight excluding hydrogens is 245 g/mol. The van der Waals surface area contributed by atoms with E-state index in [4.69, 9.17) is 5.73 Å². The molecule has 1 fully saturated rings. The smallest absolute Gasteiger partial charge is 0.406 e. The lowest BCUT2D eigenvalue weighted by molar-refractivity contribution is -0.274. The quantitative estimate of drug-likeness (QED) is 0.904. The monoisotopic (exact) mass is 260 g/mol. The Morgan fingerprint density at radius 1 is 1.39 bits per heavy atom. The van der Waals surface area contributed by atoms with Crippen molar-refractivity contribution in [3.8, 4) is 5.75 Å². The number of alkyl halides is 3. The molecule has 18 heavy (non-hydrogen) atoms. The van der Waals surface area contributed by atoms with Crippen LogP contribution in [0.25, 0.3) is 0 Å². The highest BCUT2D eigenvalue weighted by Gasteiger charge is 2.31. The van der Waals surface area contributed by atoms with Crippen molar-refractivity contribution in [1.82, 2.24) is 4.90 Å². The number of nitrogens with two attached hydrogens (primary N) is 1. The summed E-state index contributed by atoms with van der Waals surface area (Å²) in [4.78, 5) is 2.12. The molecule has 1 saturated heterocycles. The minimum Gasteiger partial charge on any atom is -0.406 e. The van der Waals surface area contributed by atoms with E-state index in [1.807, 2.05) is 0 Å². The van der Waals surface area contributed by atoms with Crippen LogP contribution in [-0.4, -0.2) is 30.4 Å². The maximum absolute atomic E-state index is 12.1. The lowest BCUT2D eigenvalue weighted by atomic mass is 10.2. The van der Waals surface area contributed by atoms with Gasteiger partial charge in [-0.2, -0.15) is 0 Å². The van der Waals surface area contributed by atoms with Crippen molar-refractivity contribution in [2.45, 2.75) is 25.4 Å². The Balaban J connectivity index is 1.99. The van der Waals surface area contributed by atoms with Gasteiger partial charge in [0, 0.05) is 25.7 Å². The van der Waals surface area contributed by atoms with Crippen LogP contribution in [0.4, 0.5) is 13.2 Å². The summed E-state index contributed by atoms with van der Waals surface area (Å²) in [5.74, 6) is -0.177. The van der Waals surface area contributed by atoms with Crippen LogP contribution in [-0.2, 0) is 6.54 Å². The van der Waals surface area contributed by atoms with E-state index in [0.717, 1.165) is 25.1 Å². The Hall–Kier alpha value is -1.27. The highest BCUT2D eigenvalue weighted by atomic mass is 19.4. The molecular formula is C12H15F3N2O. The number of halogens is 3. The summed E-state index contributed by atoms with van der Waals surface area (Å²) in [6.45, 7) is 2.26. The highest BCUT2D eigenvalue weighted by Crippen LogP contribution is 2.24. The van der Waals surface area contributed by atoms with Gasteiger partial charge >= 0.3 is 6.36 Å². The predicted molar refractivity (Wildman–Crippen MR) is 61.0 cm³/mol. The number of nitrogens with zero attached hydrogens (tertiary/aromatic N) is 1. The summed E-state index contributed by atoms with van der Waals surface area (Å²) in [5.41, 5.74) is 6.57. The first-order valence-corrected chi connectivity index (χ1v) is 5.75. The third-order valence-corrected chi connectivity index (χ3v) is 2.85. The van der Waals surface area contributed by atoms with Crippen molar-refractivity contribution in [2.24, 2.45) is 5.73 Å². The van der Waals surface area contributed by atoms with Gasteiger partial charge < -0.3 is 10.5 Å². The van der Waals surface area contributed by atoms with Gasteiger partial charge in [0.05, 0.1) is 0 Å². The summed E-state index contributed by atoms with van der Waals surface area (Å²) in [5, 5.41) is 0. The number of benzene rings is 1. The van der Waals surface area contributed by atoms with Gasteiger partial charge in [-0.1, -0.05) is 12.1 Å². The van der Waals surface area contributed by atoms with Gasteiger partial charge in [0.2, 0.25) is 0 Å². The molecule has 3 nitrogen and oxygen atoms in total. The fourth-order valence-electron chi connectivity index (χ4n) is 2.11. The van der Waals surface area contributed by atoms with Crippen LogP contribution in [0.2, 0.25) is 0 Å². The molecule has 1 aromatic carbocycles. The minimum atomic E-state index is -4.64. The fraction of sp³-hybridized carbons (Fsp3) is 0.500. The molecule has 0 radical (unpaired) electrons. The maximum Gasteiger partial charge on any atom is 0.573 e. The van der Waals surface area contributed by atoms with E-state index in [1.54, 1.807) is 12.1 Å². The second-order valence-electron chi connectivity index (χ2n) is 4.48. The van der Waals surface area contributed by atoms with Crippen LogP contribution in [0.1, 0.15) is 12.0 Å². The van der Waals surface area contributed by atoms with Crippen LogP contribution in [0.3, 0.4) is 0 Å². The molecule has 0 spiro atoms. The number of rotatable bonds is 3. The molecule has 1 atom stereocenters. The summed E-state index contributed by atoms with van der Waals surface area (Å²) in [6, 6.07) is 6.23. The summed E-state index contributed by atoms with van der Waals surface area (Å²) >= 11 is 0. The number of hydrogen-bond acceptors (Lipinski definition) is 3. The van der Waals surface area contributed by atoms with Gasteiger partial charge in [-0.15, -0.1) is 13.2 Å². The van der Waals surface area contributed by atoms with E-state index < -0.39 is 6.36 Å². The standard InChI is InChI=1S/C12H15F3N2O/c13-12(14,15)18-11-3-1-2-9(6-11)7-17-5-4-10(16)8-17/h1-3,6,10H,4-5,7-8,16H2. The summed E-state index contributed by atoms with van der Waals surface area (Å²) in [6.07, 6.45) is -3.71. The first-order valence-electron chi connectivity index (χ1n) is 5.75. The van der Waals surface area contributed by atoms with Gasteiger partial charge in [-0.05, 0) is 24.1 Å². The molecule has 0 aliphatic carbocycles. The molecule has 0 bridgehead atoms. The van der Waals surface area contributed by atoms with Crippen molar-refractivity contribution in [2.75, 3.05) is 13.1 Å². The average molecular weight is 260 g/mol. The van der Waals surface area contributed by atoms with E-state index in [-0.39, 0.29) is 11.8 Å². The molecule has 2 rings (SSSR count). The number of hydrogen-bond donors (Lipinski definition) is 1. The van der Waals surface area contributed by atoms with E-state index in [1.165, 1.54) is 12.1 Å². The van der Waals surface area contributed by atoms with Crippen LogP contribution in [0.5, 0.6) is 5.75 Å². The maximum atomic E-state index is 12.1. The third kappa shape index (κ3) is 3.89. The van der Waals surface area contributed by atoms with Crippen molar-refractivity contribution in [3.05, 3.63) is 29.8 Å². The van der Waals surface area contributed by atoms with Gasteiger partial charge in [0.1, 0.15) is 5.75 Å². The van der Waals surface area contributed by atoms with E-state index in [9.17, 15) is 13.2 Å². The Bertz CT molecular complexity index is 409. The first kappa shape index (κ1) is 13.2. The van der Waals surface area contributed by atoms with Gasteiger partial charge in [0.25, 0.3) is 0 Å². The van der Waals surface area contributed by atoms with Gasteiger partial charge in [0.15, 0.2) is 0 Å². The van der Waals surface area contributed by atoms with Gasteiger partial charge in [-0.25, -0.2) is 0 Å². The highest BCUT2D eigenvalue weighted by molar-refractivity contribution is 5.28. The Kier molecular flexibility index (Phi) is 3.77. The van der Waals surface area contributed by atoms with Crippen LogP contribution >= 0.6 is 0 Å². The van der Waals surface area contributed by atoms with Crippen molar-refractivity contribution < 1.29 is 17.9 Å². The summed E-state index contributed by atoms with van der Waals surface area (Å²) < 4.78 is 40.1. The van der Waals surface area contributed by atoms with Crippen LogP contribution in [0, 0.1) is 0 Å². The molecule has 0 amide bonds. The van der Waals surface area contributed by atoms with Crippen LogP contribution < -0.4 is 10.5 Å². The normalized spacial score (nSPS) is 21.2. The third-order valence-electron chi connectivity index (χ3n) is 2.85. The molecule has 1 unspecified atom stereocenters. The largest absolute Gasteiger partial charge is 0.573 e. The molecule has 6 heteroatoms. The first-order chi connectivity index (χ1) is 8.42. The summed E-state index contributed by atoms with van der Waals surface area (Å²) in [7, 11) is 0. The molecule has 0 aromatic heterocycles. The number of ether oxygens (including phenoxy) is 1. The second kappa shape index (κ2) is 5.16. The molecule has 1 aliphatic rings. The van der Waals surface area contributed by atoms with Crippen molar-refractivity contribution in [1.29, 1.82) is 0 Å². The Morgan fingerprint density at radius 2 is 2.17 bits per heavy atom. The lowest BCUT2D eigenvalue weighted by Crippen LogP contribution is -2.26. The zero-order valence-corrected chi connectivity index (χ0v) is 9.78. The minimum absolute atomic E-state index is 0.166. The Labute approximate surface area is 103 Å². The molecule has 1 aliphatic heterocycles. The predicted octanol–water partition coefficient (Wildman–Crippen LogP) is 2.12. The fourth-order valence-corrected chi connectivity index (χ4v) is 2.11. The Morgan fingerprint density at radius 3 is 2.78 bits per heavy atom. The lowest BCUT2D eigenvalue weighted by Gasteiger charge is -2.16. The van der Waals surface area contributed by atoms with Crippen molar-refractivity contribution in [3.63, 3.8) is 0 Å². The molecule has 1 heterocycles. The second-order valence-corrected chi connectivity index (χ2v) is 4.48. The molecule has 2 N–H and O–H groups in total.